The molecule has 1 atom stereocenters. The van der Waals surface area contributed by atoms with Gasteiger partial charge in [-0.25, -0.2) is 9.97 Å². The van der Waals surface area contributed by atoms with Crippen LogP contribution in [-0.2, 0) is 17.8 Å². The van der Waals surface area contributed by atoms with Gasteiger partial charge in [0, 0.05) is 18.7 Å². The van der Waals surface area contributed by atoms with Crippen molar-refractivity contribution in [2.45, 2.75) is 32.9 Å². The number of carbonyl (C=O) groups is 1. The molecule has 3 aromatic rings. The number of imidazole rings is 2. The second-order valence-corrected chi connectivity index (χ2v) is 6.21. The molecular formula is C17H20N6O. The highest BCUT2D eigenvalue weighted by molar-refractivity contribution is 5.83. The largest absolute Gasteiger partial charge is 0.348 e. The number of rotatable bonds is 3. The Morgan fingerprint density at radius 1 is 1.38 bits per heavy atom. The first-order valence-corrected chi connectivity index (χ1v) is 8.11. The van der Waals surface area contributed by atoms with Crippen molar-refractivity contribution in [2.24, 2.45) is 0 Å². The zero-order valence-electron chi connectivity index (χ0n) is 13.7. The van der Waals surface area contributed by atoms with E-state index < -0.39 is 6.04 Å². The molecule has 0 radical (unpaired) electrons. The maximum Gasteiger partial charge on any atom is 0.243 e. The number of hydrogen-bond donors (Lipinski definition) is 4. The minimum absolute atomic E-state index is 0.0867. The topological polar surface area (TPSA) is 98.5 Å². The van der Waals surface area contributed by atoms with Crippen LogP contribution in [-0.4, -0.2) is 32.4 Å². The summed E-state index contributed by atoms with van der Waals surface area (Å²) in [6.45, 7) is 5.26. The molecule has 3 heterocycles. The second kappa shape index (κ2) is 5.76. The number of aromatic amines is 2. The van der Waals surface area contributed by atoms with E-state index in [9.17, 15) is 4.79 Å². The number of benzene rings is 1. The first-order valence-electron chi connectivity index (χ1n) is 8.11. The van der Waals surface area contributed by atoms with Crippen molar-refractivity contribution in [1.82, 2.24) is 30.6 Å². The van der Waals surface area contributed by atoms with E-state index in [1.165, 1.54) is 5.56 Å². The molecule has 0 saturated heterocycles. The summed E-state index contributed by atoms with van der Waals surface area (Å²) in [6.07, 6.45) is 2.50. The van der Waals surface area contributed by atoms with Crippen molar-refractivity contribution in [3.05, 3.63) is 46.8 Å². The minimum atomic E-state index is -0.409. The van der Waals surface area contributed by atoms with E-state index in [4.69, 9.17) is 0 Å². The summed E-state index contributed by atoms with van der Waals surface area (Å²) in [4.78, 5) is 27.7. The van der Waals surface area contributed by atoms with Crippen molar-refractivity contribution in [3.8, 4) is 0 Å². The number of amides is 1. The van der Waals surface area contributed by atoms with Gasteiger partial charge in [-0.3, -0.25) is 4.79 Å². The van der Waals surface area contributed by atoms with Crippen LogP contribution in [0.15, 0.2) is 18.5 Å². The molecular weight excluding hydrogens is 304 g/mol. The van der Waals surface area contributed by atoms with Crippen LogP contribution in [0, 0.1) is 13.8 Å². The molecule has 1 aliphatic heterocycles. The van der Waals surface area contributed by atoms with Gasteiger partial charge in [-0.05, 0) is 31.0 Å². The highest BCUT2D eigenvalue weighted by atomic mass is 16.2. The summed E-state index contributed by atoms with van der Waals surface area (Å²) < 4.78 is 0. The second-order valence-electron chi connectivity index (χ2n) is 6.21. The van der Waals surface area contributed by atoms with Gasteiger partial charge >= 0.3 is 0 Å². The molecule has 124 valence electrons. The van der Waals surface area contributed by atoms with Crippen LogP contribution in [0.2, 0.25) is 0 Å². The van der Waals surface area contributed by atoms with Crippen molar-refractivity contribution < 1.29 is 4.79 Å². The number of carbonyl (C=O) groups excluding carboxylic acids is 1. The van der Waals surface area contributed by atoms with Crippen molar-refractivity contribution >= 4 is 16.9 Å². The van der Waals surface area contributed by atoms with E-state index in [-0.39, 0.29) is 5.91 Å². The lowest BCUT2D eigenvalue weighted by molar-refractivity contribution is -0.123. The number of H-pyrrole nitrogens is 2. The minimum Gasteiger partial charge on any atom is -0.348 e. The van der Waals surface area contributed by atoms with Crippen LogP contribution in [0.1, 0.15) is 34.4 Å². The summed E-state index contributed by atoms with van der Waals surface area (Å²) in [5, 5.41) is 6.16. The number of aryl methyl sites for hydroxylation is 2. The molecule has 0 bridgehead atoms. The Morgan fingerprint density at radius 3 is 3.12 bits per heavy atom. The lowest BCUT2D eigenvalue weighted by Gasteiger charge is -2.21. The molecule has 24 heavy (non-hydrogen) atoms. The van der Waals surface area contributed by atoms with Gasteiger partial charge < -0.3 is 20.6 Å². The Labute approximate surface area is 139 Å². The first-order chi connectivity index (χ1) is 11.6. The summed E-state index contributed by atoms with van der Waals surface area (Å²) in [5.41, 5.74) is 6.15. The fourth-order valence-electron chi connectivity index (χ4n) is 3.16. The molecule has 7 nitrogen and oxygen atoms in total. The van der Waals surface area contributed by atoms with Crippen LogP contribution in [0.5, 0.6) is 0 Å². The van der Waals surface area contributed by atoms with Crippen molar-refractivity contribution in [1.29, 1.82) is 0 Å². The monoisotopic (exact) mass is 324 g/mol. The van der Waals surface area contributed by atoms with Gasteiger partial charge in [0.15, 0.2) is 0 Å². The van der Waals surface area contributed by atoms with Gasteiger partial charge in [-0.15, -0.1) is 0 Å². The maximum absolute atomic E-state index is 12.5. The van der Waals surface area contributed by atoms with Gasteiger partial charge in [0.25, 0.3) is 0 Å². The highest BCUT2D eigenvalue weighted by Crippen LogP contribution is 2.21. The molecule has 0 fully saturated rings. The van der Waals surface area contributed by atoms with Crippen molar-refractivity contribution in [3.63, 3.8) is 0 Å². The third-order valence-corrected chi connectivity index (χ3v) is 4.67. The van der Waals surface area contributed by atoms with Gasteiger partial charge in [-0.2, -0.15) is 0 Å². The standard InChI is InChI=1S/C17H20N6O/c1-9-3-4-12-14(10(9)2)23-13(22-12)7-19-17(24)16-15-11(5-6-18-16)20-8-21-15/h3-4,8,16,18H,5-7H2,1-2H3,(H,19,24)(H,20,21)(H,22,23). The maximum atomic E-state index is 12.5. The molecule has 0 saturated carbocycles. The van der Waals surface area contributed by atoms with Crippen LogP contribution < -0.4 is 10.6 Å². The normalized spacial score (nSPS) is 17.0. The fourth-order valence-corrected chi connectivity index (χ4v) is 3.16. The van der Waals surface area contributed by atoms with E-state index in [2.05, 4.69) is 50.5 Å². The molecule has 7 heteroatoms. The number of nitrogens with one attached hydrogen (secondary N) is 4. The Bertz CT molecular complexity index is 909. The molecule has 2 aromatic heterocycles. The molecule has 1 amide bonds. The molecule has 4 N–H and O–H groups in total. The Balaban J connectivity index is 1.50. The summed E-state index contributed by atoms with van der Waals surface area (Å²) in [7, 11) is 0. The summed E-state index contributed by atoms with van der Waals surface area (Å²) in [6, 6.07) is 3.69. The smallest absolute Gasteiger partial charge is 0.243 e. The zero-order valence-corrected chi connectivity index (χ0v) is 13.7. The van der Waals surface area contributed by atoms with Gasteiger partial charge in [0.05, 0.1) is 29.6 Å². The van der Waals surface area contributed by atoms with Gasteiger partial charge in [-0.1, -0.05) is 6.07 Å². The SMILES string of the molecule is Cc1ccc2[nH]c(CNC(=O)C3NCCc4[nH]cnc43)nc2c1C. The molecule has 1 aliphatic rings. The lowest BCUT2D eigenvalue weighted by Crippen LogP contribution is -2.41. The zero-order chi connectivity index (χ0) is 16.7. The average molecular weight is 324 g/mol. The molecule has 0 aliphatic carbocycles. The van der Waals surface area contributed by atoms with E-state index in [0.717, 1.165) is 46.8 Å². The molecule has 1 unspecified atom stereocenters. The quantitative estimate of drug-likeness (QED) is 0.585. The Hall–Kier alpha value is -2.67. The molecule has 4 rings (SSSR count). The summed E-state index contributed by atoms with van der Waals surface area (Å²) >= 11 is 0. The lowest BCUT2D eigenvalue weighted by atomic mass is 10.1. The third-order valence-electron chi connectivity index (χ3n) is 4.67. The van der Waals surface area contributed by atoms with Gasteiger partial charge in [0.1, 0.15) is 11.9 Å². The van der Waals surface area contributed by atoms with E-state index in [1.54, 1.807) is 6.33 Å². The van der Waals surface area contributed by atoms with Crippen molar-refractivity contribution in [2.75, 3.05) is 6.54 Å². The first kappa shape index (κ1) is 14.9. The van der Waals surface area contributed by atoms with E-state index in [0.29, 0.717) is 6.54 Å². The fraction of sp³-hybridized carbons (Fsp3) is 0.353. The van der Waals surface area contributed by atoms with Gasteiger partial charge in [0.2, 0.25) is 5.91 Å². The molecule has 1 aromatic carbocycles. The molecule has 0 spiro atoms. The number of hydrogen-bond acceptors (Lipinski definition) is 4. The van der Waals surface area contributed by atoms with Crippen LogP contribution in [0.25, 0.3) is 11.0 Å². The average Bonchev–Trinajstić information content (AvgIpc) is 3.22. The summed E-state index contributed by atoms with van der Waals surface area (Å²) in [5.74, 6) is 0.668. The predicted octanol–water partition coefficient (Wildman–Crippen LogP) is 1.41. The number of fused-ring (bicyclic) bond motifs is 2. The third kappa shape index (κ3) is 2.46. The Kier molecular flexibility index (Phi) is 3.57. The predicted molar refractivity (Wildman–Crippen MR) is 90.4 cm³/mol. The van der Waals surface area contributed by atoms with Crippen LogP contribution in [0.4, 0.5) is 0 Å². The van der Waals surface area contributed by atoms with Crippen LogP contribution >= 0.6 is 0 Å². The highest BCUT2D eigenvalue weighted by Gasteiger charge is 2.28. The van der Waals surface area contributed by atoms with Crippen LogP contribution in [0.3, 0.4) is 0 Å². The Morgan fingerprint density at radius 2 is 2.25 bits per heavy atom. The number of aromatic nitrogens is 4. The number of nitrogens with zero attached hydrogens (tertiary/aromatic N) is 2. The van der Waals surface area contributed by atoms with E-state index >= 15 is 0 Å². The van der Waals surface area contributed by atoms with E-state index in [1.807, 2.05) is 6.07 Å².